The second kappa shape index (κ2) is 16.3. The van der Waals surface area contributed by atoms with Crippen molar-refractivity contribution in [2.75, 3.05) is 39.3 Å². The van der Waals surface area contributed by atoms with Crippen LogP contribution < -0.4 is 16.0 Å². The van der Waals surface area contributed by atoms with Crippen LogP contribution in [0.2, 0.25) is 0 Å². The molecule has 0 heterocycles. The Morgan fingerprint density at radius 2 is 1.18 bits per heavy atom. The van der Waals surface area contributed by atoms with Gasteiger partial charge in [0.1, 0.15) is 16.8 Å². The zero-order chi connectivity index (χ0) is 30.4. The van der Waals surface area contributed by atoms with Crippen molar-refractivity contribution in [2.24, 2.45) is 0 Å². The molecule has 0 spiro atoms. The van der Waals surface area contributed by atoms with E-state index in [1.54, 1.807) is 62.3 Å². The van der Waals surface area contributed by atoms with Crippen LogP contribution >= 0.6 is 0 Å². The molecule has 0 fully saturated rings. The average molecular weight is 567 g/mol. The standard InChI is InChI=1S/C29H50N4O7/c1-27(2,3)38-24(34)30-15-17-33(18-16-31-25(35)39-28(4,5)6)19-23(32-26(36)40-29(7,8)9)21-37-20-22-13-11-10-12-14-22/h10-14,23H,15-21H2,1-9H3,(H,30,34)(H,31,35)(H,32,36)/t23-/m1/s1. The minimum Gasteiger partial charge on any atom is -0.444 e. The van der Waals surface area contributed by atoms with Gasteiger partial charge < -0.3 is 34.9 Å². The molecule has 0 radical (unpaired) electrons. The molecular formula is C29H50N4O7. The summed E-state index contributed by atoms with van der Waals surface area (Å²) in [7, 11) is 0. The molecule has 0 unspecified atom stereocenters. The lowest BCUT2D eigenvalue weighted by atomic mass is 10.2. The number of hydrogen-bond acceptors (Lipinski definition) is 8. The first kappa shape index (κ1) is 35.0. The predicted molar refractivity (Wildman–Crippen MR) is 154 cm³/mol. The summed E-state index contributed by atoms with van der Waals surface area (Å²) in [5.41, 5.74) is -0.869. The molecule has 0 aliphatic carbocycles. The minimum atomic E-state index is -0.659. The van der Waals surface area contributed by atoms with E-state index >= 15 is 0 Å². The number of alkyl carbamates (subject to hydrolysis) is 3. The molecule has 3 N–H and O–H groups in total. The van der Waals surface area contributed by atoms with Crippen LogP contribution in [-0.2, 0) is 25.6 Å². The van der Waals surface area contributed by atoms with Gasteiger partial charge in [0.25, 0.3) is 0 Å². The Hall–Kier alpha value is -3.05. The lowest BCUT2D eigenvalue weighted by Gasteiger charge is -2.29. The quantitative estimate of drug-likeness (QED) is 0.299. The molecule has 0 aliphatic heterocycles. The van der Waals surface area contributed by atoms with Crippen molar-refractivity contribution in [1.29, 1.82) is 0 Å². The third-order valence-corrected chi connectivity index (χ3v) is 4.82. The SMILES string of the molecule is CC(C)(C)OC(=O)NCCN(CCNC(=O)OC(C)(C)C)C[C@H](COCc1ccccc1)NC(=O)OC(C)(C)C. The molecule has 0 saturated carbocycles. The highest BCUT2D eigenvalue weighted by molar-refractivity contribution is 5.68. The molecule has 0 aliphatic rings. The van der Waals surface area contributed by atoms with Crippen LogP contribution in [0, 0.1) is 0 Å². The van der Waals surface area contributed by atoms with Gasteiger partial charge in [-0.05, 0) is 67.9 Å². The van der Waals surface area contributed by atoms with Gasteiger partial charge >= 0.3 is 18.3 Å². The molecule has 40 heavy (non-hydrogen) atoms. The topological polar surface area (TPSA) is 127 Å². The zero-order valence-corrected chi connectivity index (χ0v) is 25.7. The molecule has 0 aromatic heterocycles. The van der Waals surface area contributed by atoms with E-state index < -0.39 is 41.1 Å². The normalized spacial score (nSPS) is 12.8. The van der Waals surface area contributed by atoms with E-state index in [1.165, 1.54) is 0 Å². The molecule has 1 aromatic carbocycles. The predicted octanol–water partition coefficient (Wildman–Crippen LogP) is 4.45. The summed E-state index contributed by atoms with van der Waals surface area (Å²) in [6, 6.07) is 9.31. The molecule has 3 amide bonds. The number of nitrogens with zero attached hydrogens (tertiary/aromatic N) is 1. The summed E-state index contributed by atoms with van der Waals surface area (Å²) in [6.45, 7) is 18.6. The van der Waals surface area contributed by atoms with Gasteiger partial charge in [0, 0.05) is 32.7 Å². The van der Waals surface area contributed by atoms with Crippen LogP contribution in [0.4, 0.5) is 14.4 Å². The van der Waals surface area contributed by atoms with E-state index in [-0.39, 0.29) is 6.61 Å². The van der Waals surface area contributed by atoms with Crippen LogP contribution in [0.3, 0.4) is 0 Å². The lowest BCUT2D eigenvalue weighted by molar-refractivity contribution is 0.0390. The van der Waals surface area contributed by atoms with Crippen molar-refractivity contribution in [3.63, 3.8) is 0 Å². The minimum absolute atomic E-state index is 0.226. The number of ether oxygens (including phenoxy) is 4. The van der Waals surface area contributed by atoms with Crippen molar-refractivity contribution in [3.8, 4) is 0 Å². The number of carbonyl (C=O) groups is 3. The van der Waals surface area contributed by atoms with Crippen molar-refractivity contribution in [1.82, 2.24) is 20.9 Å². The maximum absolute atomic E-state index is 12.6. The molecule has 1 aromatic rings. The monoisotopic (exact) mass is 566 g/mol. The largest absolute Gasteiger partial charge is 0.444 e. The van der Waals surface area contributed by atoms with E-state index in [1.807, 2.05) is 35.2 Å². The maximum atomic E-state index is 12.6. The van der Waals surface area contributed by atoms with Gasteiger partial charge in [-0.3, -0.25) is 4.90 Å². The van der Waals surface area contributed by atoms with Gasteiger partial charge in [0.05, 0.1) is 19.3 Å². The number of carbonyl (C=O) groups excluding carboxylic acids is 3. The van der Waals surface area contributed by atoms with E-state index in [0.29, 0.717) is 39.3 Å². The number of nitrogens with one attached hydrogen (secondary N) is 3. The Bertz CT molecular complexity index is 872. The van der Waals surface area contributed by atoms with Gasteiger partial charge in [-0.1, -0.05) is 30.3 Å². The Kier molecular flexibility index (Phi) is 14.2. The van der Waals surface area contributed by atoms with Crippen molar-refractivity contribution >= 4 is 18.3 Å². The van der Waals surface area contributed by atoms with Gasteiger partial charge in [0.15, 0.2) is 0 Å². The van der Waals surface area contributed by atoms with Crippen LogP contribution in [0.1, 0.15) is 67.9 Å². The lowest BCUT2D eigenvalue weighted by Crippen LogP contribution is -2.50. The summed E-state index contributed by atoms with van der Waals surface area (Å²) in [5, 5.41) is 8.40. The Labute approximate surface area is 239 Å². The summed E-state index contributed by atoms with van der Waals surface area (Å²) in [6.07, 6.45) is -1.59. The number of amides is 3. The van der Waals surface area contributed by atoms with Crippen molar-refractivity contribution in [3.05, 3.63) is 35.9 Å². The molecule has 11 nitrogen and oxygen atoms in total. The average Bonchev–Trinajstić information content (AvgIpc) is 2.75. The van der Waals surface area contributed by atoms with E-state index in [0.717, 1.165) is 5.56 Å². The van der Waals surface area contributed by atoms with Crippen LogP contribution in [0.25, 0.3) is 0 Å². The maximum Gasteiger partial charge on any atom is 0.407 e. The third kappa shape index (κ3) is 19.1. The first-order valence-electron chi connectivity index (χ1n) is 13.7. The highest BCUT2D eigenvalue weighted by Gasteiger charge is 2.23. The zero-order valence-electron chi connectivity index (χ0n) is 25.7. The Balaban J connectivity index is 2.88. The highest BCUT2D eigenvalue weighted by atomic mass is 16.6. The van der Waals surface area contributed by atoms with Gasteiger partial charge in [0.2, 0.25) is 0 Å². The molecule has 228 valence electrons. The van der Waals surface area contributed by atoms with Gasteiger partial charge in [-0.2, -0.15) is 0 Å². The molecule has 0 bridgehead atoms. The van der Waals surface area contributed by atoms with E-state index in [9.17, 15) is 14.4 Å². The van der Waals surface area contributed by atoms with Crippen molar-refractivity contribution in [2.45, 2.75) is 91.8 Å². The fraction of sp³-hybridized carbons (Fsp3) is 0.690. The molecule has 11 heteroatoms. The van der Waals surface area contributed by atoms with Crippen LogP contribution in [0.5, 0.6) is 0 Å². The van der Waals surface area contributed by atoms with E-state index in [4.69, 9.17) is 18.9 Å². The van der Waals surface area contributed by atoms with Crippen molar-refractivity contribution < 1.29 is 33.3 Å². The van der Waals surface area contributed by atoms with Gasteiger partial charge in [-0.15, -0.1) is 0 Å². The van der Waals surface area contributed by atoms with Gasteiger partial charge in [-0.25, -0.2) is 14.4 Å². The fourth-order valence-corrected chi connectivity index (χ4v) is 3.37. The first-order valence-corrected chi connectivity index (χ1v) is 13.7. The van der Waals surface area contributed by atoms with E-state index in [2.05, 4.69) is 16.0 Å². The summed E-state index contributed by atoms with van der Waals surface area (Å²) in [5.74, 6) is 0. The third-order valence-electron chi connectivity index (χ3n) is 4.82. The second-order valence-corrected chi connectivity index (χ2v) is 12.5. The number of rotatable bonds is 13. The summed E-state index contributed by atoms with van der Waals surface area (Å²) < 4.78 is 22.0. The molecule has 1 atom stereocenters. The second-order valence-electron chi connectivity index (χ2n) is 12.5. The molecule has 1 rings (SSSR count). The first-order chi connectivity index (χ1) is 18.4. The highest BCUT2D eigenvalue weighted by Crippen LogP contribution is 2.09. The molecular weight excluding hydrogens is 516 g/mol. The summed E-state index contributed by atoms with van der Waals surface area (Å²) >= 11 is 0. The molecule has 0 saturated heterocycles. The van der Waals surface area contributed by atoms with Crippen LogP contribution in [-0.4, -0.2) is 85.4 Å². The number of benzene rings is 1. The Morgan fingerprint density at radius 3 is 1.62 bits per heavy atom. The fourth-order valence-electron chi connectivity index (χ4n) is 3.37. The van der Waals surface area contributed by atoms with Crippen LogP contribution in [0.15, 0.2) is 30.3 Å². The number of hydrogen-bond donors (Lipinski definition) is 3. The smallest absolute Gasteiger partial charge is 0.407 e. The summed E-state index contributed by atoms with van der Waals surface area (Å²) in [4.78, 5) is 38.9. The Morgan fingerprint density at radius 1 is 0.725 bits per heavy atom.